The summed E-state index contributed by atoms with van der Waals surface area (Å²) in [6.07, 6.45) is 0.798. The first kappa shape index (κ1) is 14.1. The molecule has 0 saturated carbocycles. The minimum absolute atomic E-state index is 0.323. The molecule has 0 bridgehead atoms. The highest BCUT2D eigenvalue weighted by Gasteiger charge is 2.10. The van der Waals surface area contributed by atoms with Crippen LogP contribution in [0.2, 0.25) is 0 Å². The van der Waals surface area contributed by atoms with Crippen LogP contribution in [-0.2, 0) is 10.0 Å². The van der Waals surface area contributed by atoms with Crippen LogP contribution >= 0.6 is 0 Å². The summed E-state index contributed by atoms with van der Waals surface area (Å²) in [5.74, 6) is 0. The molecule has 1 N–H and O–H groups in total. The van der Waals surface area contributed by atoms with Crippen LogP contribution in [0.4, 0.5) is 0 Å². The summed E-state index contributed by atoms with van der Waals surface area (Å²) in [5.41, 5.74) is 0. The number of rotatable bonds is 4. The van der Waals surface area contributed by atoms with Crippen molar-refractivity contribution in [3.8, 4) is 0 Å². The number of hydrogen-bond donors (Lipinski definition) is 1. The molecule has 1 aromatic rings. The average molecular weight is 229 g/mol. The normalized spacial score (nSPS) is 10.3. The van der Waals surface area contributed by atoms with Crippen LogP contribution in [0.5, 0.6) is 0 Å². The molecule has 0 aliphatic rings. The lowest BCUT2D eigenvalue weighted by Gasteiger charge is -2.04. The van der Waals surface area contributed by atoms with E-state index in [0.29, 0.717) is 11.4 Å². The molecule has 0 saturated heterocycles. The molecule has 0 heterocycles. The fraction of sp³-hybridized carbons (Fsp3) is 0.455. The first-order chi connectivity index (χ1) is 7.17. The second kappa shape index (κ2) is 7.43. The van der Waals surface area contributed by atoms with E-state index in [2.05, 4.69) is 4.72 Å². The lowest BCUT2D eigenvalue weighted by atomic mass is 10.4. The van der Waals surface area contributed by atoms with Crippen LogP contribution in [-0.4, -0.2) is 15.0 Å². The van der Waals surface area contributed by atoms with E-state index in [4.69, 9.17) is 0 Å². The van der Waals surface area contributed by atoms with E-state index in [0.717, 1.165) is 6.42 Å². The van der Waals surface area contributed by atoms with E-state index in [1.54, 1.807) is 30.3 Å². The van der Waals surface area contributed by atoms with E-state index in [1.807, 2.05) is 20.8 Å². The molecule has 1 aromatic carbocycles. The van der Waals surface area contributed by atoms with Crippen molar-refractivity contribution >= 4 is 10.0 Å². The van der Waals surface area contributed by atoms with Crippen molar-refractivity contribution in [1.29, 1.82) is 0 Å². The van der Waals surface area contributed by atoms with E-state index in [1.165, 1.54) is 0 Å². The third-order valence-corrected chi connectivity index (χ3v) is 3.07. The van der Waals surface area contributed by atoms with Gasteiger partial charge in [0.25, 0.3) is 0 Å². The van der Waals surface area contributed by atoms with Gasteiger partial charge in [0.1, 0.15) is 0 Å². The van der Waals surface area contributed by atoms with E-state index >= 15 is 0 Å². The Hall–Kier alpha value is -0.870. The Morgan fingerprint density at radius 1 is 1.13 bits per heavy atom. The Morgan fingerprint density at radius 3 is 2.13 bits per heavy atom. The second-order valence-corrected chi connectivity index (χ2v) is 4.48. The van der Waals surface area contributed by atoms with Gasteiger partial charge in [-0.3, -0.25) is 0 Å². The molecule has 1 rings (SSSR count). The summed E-state index contributed by atoms with van der Waals surface area (Å²) in [7, 11) is -3.27. The van der Waals surface area contributed by atoms with Gasteiger partial charge in [-0.1, -0.05) is 39.0 Å². The van der Waals surface area contributed by atoms with Gasteiger partial charge in [0.2, 0.25) is 10.0 Å². The molecular formula is C11H19NO2S. The summed E-state index contributed by atoms with van der Waals surface area (Å²) >= 11 is 0. The SMILES string of the molecule is CC.CCCNS(=O)(=O)c1ccccc1. The maximum atomic E-state index is 11.5. The van der Waals surface area contributed by atoms with Crippen molar-refractivity contribution in [3.05, 3.63) is 30.3 Å². The molecule has 0 atom stereocenters. The monoisotopic (exact) mass is 229 g/mol. The quantitative estimate of drug-likeness (QED) is 0.861. The predicted octanol–water partition coefficient (Wildman–Crippen LogP) is 2.40. The second-order valence-electron chi connectivity index (χ2n) is 2.71. The Balaban J connectivity index is 0.000000921. The van der Waals surface area contributed by atoms with Gasteiger partial charge in [-0.25, -0.2) is 13.1 Å². The average Bonchev–Trinajstić information content (AvgIpc) is 2.30. The maximum absolute atomic E-state index is 11.5. The van der Waals surface area contributed by atoms with Crippen LogP contribution < -0.4 is 4.72 Å². The van der Waals surface area contributed by atoms with E-state index < -0.39 is 10.0 Å². The zero-order valence-corrected chi connectivity index (χ0v) is 10.3. The molecule has 0 fully saturated rings. The smallest absolute Gasteiger partial charge is 0.211 e. The Labute approximate surface area is 92.6 Å². The van der Waals surface area contributed by atoms with Gasteiger partial charge in [-0.2, -0.15) is 0 Å². The van der Waals surface area contributed by atoms with Gasteiger partial charge >= 0.3 is 0 Å². The zero-order valence-electron chi connectivity index (χ0n) is 9.53. The molecule has 0 aliphatic carbocycles. The fourth-order valence-electron chi connectivity index (χ4n) is 0.919. The third kappa shape index (κ3) is 4.95. The highest BCUT2D eigenvalue weighted by molar-refractivity contribution is 7.89. The molecular weight excluding hydrogens is 210 g/mol. The van der Waals surface area contributed by atoms with Crippen LogP contribution in [0.1, 0.15) is 27.2 Å². The van der Waals surface area contributed by atoms with Gasteiger partial charge in [0, 0.05) is 6.54 Å². The first-order valence-corrected chi connectivity index (χ1v) is 6.70. The minimum atomic E-state index is -3.27. The number of sulfonamides is 1. The molecule has 0 radical (unpaired) electrons. The summed E-state index contributed by atoms with van der Waals surface area (Å²) < 4.78 is 25.5. The summed E-state index contributed by atoms with van der Waals surface area (Å²) in [6.45, 7) is 6.41. The largest absolute Gasteiger partial charge is 0.240 e. The van der Waals surface area contributed by atoms with Crippen molar-refractivity contribution in [2.24, 2.45) is 0 Å². The van der Waals surface area contributed by atoms with Crippen molar-refractivity contribution in [2.75, 3.05) is 6.54 Å². The highest BCUT2D eigenvalue weighted by Crippen LogP contribution is 2.06. The van der Waals surface area contributed by atoms with Crippen molar-refractivity contribution in [1.82, 2.24) is 4.72 Å². The van der Waals surface area contributed by atoms with Crippen LogP contribution in [0.15, 0.2) is 35.2 Å². The maximum Gasteiger partial charge on any atom is 0.240 e. The molecule has 0 unspecified atom stereocenters. The zero-order chi connectivity index (χ0) is 11.7. The Kier molecular flexibility index (Phi) is 6.99. The van der Waals surface area contributed by atoms with Gasteiger partial charge < -0.3 is 0 Å². The van der Waals surface area contributed by atoms with E-state index in [-0.39, 0.29) is 0 Å². The first-order valence-electron chi connectivity index (χ1n) is 5.21. The van der Waals surface area contributed by atoms with Crippen molar-refractivity contribution in [2.45, 2.75) is 32.1 Å². The Morgan fingerprint density at radius 2 is 1.67 bits per heavy atom. The summed E-state index contributed by atoms with van der Waals surface area (Å²) in [6, 6.07) is 8.37. The van der Waals surface area contributed by atoms with Gasteiger partial charge in [0.15, 0.2) is 0 Å². The number of benzene rings is 1. The topological polar surface area (TPSA) is 46.2 Å². The third-order valence-electron chi connectivity index (χ3n) is 1.60. The van der Waals surface area contributed by atoms with Crippen molar-refractivity contribution in [3.63, 3.8) is 0 Å². The molecule has 15 heavy (non-hydrogen) atoms. The number of hydrogen-bond acceptors (Lipinski definition) is 2. The summed E-state index contributed by atoms with van der Waals surface area (Å²) in [4.78, 5) is 0.323. The van der Waals surface area contributed by atoms with Crippen LogP contribution in [0.25, 0.3) is 0 Å². The molecule has 0 aliphatic heterocycles. The standard InChI is InChI=1S/C9H13NO2S.C2H6/c1-2-8-10-13(11,12)9-6-4-3-5-7-9;1-2/h3-7,10H,2,8H2,1H3;1-2H3. The molecule has 86 valence electrons. The number of nitrogens with one attached hydrogen (secondary N) is 1. The molecule has 0 spiro atoms. The van der Waals surface area contributed by atoms with Gasteiger partial charge in [0.05, 0.1) is 4.90 Å². The lowest BCUT2D eigenvalue weighted by Crippen LogP contribution is -2.24. The lowest BCUT2D eigenvalue weighted by molar-refractivity contribution is 0.581. The molecule has 3 nitrogen and oxygen atoms in total. The predicted molar refractivity (Wildman–Crippen MR) is 63.3 cm³/mol. The van der Waals surface area contributed by atoms with E-state index in [9.17, 15) is 8.42 Å². The molecule has 0 amide bonds. The van der Waals surface area contributed by atoms with Crippen LogP contribution in [0.3, 0.4) is 0 Å². The van der Waals surface area contributed by atoms with Gasteiger partial charge in [-0.05, 0) is 18.6 Å². The Bertz CT molecular complexity index is 346. The van der Waals surface area contributed by atoms with Crippen LogP contribution in [0, 0.1) is 0 Å². The van der Waals surface area contributed by atoms with Gasteiger partial charge in [-0.15, -0.1) is 0 Å². The minimum Gasteiger partial charge on any atom is -0.211 e. The highest BCUT2D eigenvalue weighted by atomic mass is 32.2. The fourth-order valence-corrected chi connectivity index (χ4v) is 2.07. The molecule has 4 heteroatoms. The summed E-state index contributed by atoms with van der Waals surface area (Å²) in [5, 5.41) is 0. The van der Waals surface area contributed by atoms with Crippen molar-refractivity contribution < 1.29 is 8.42 Å². The molecule has 0 aromatic heterocycles.